The van der Waals surface area contributed by atoms with E-state index in [1.54, 1.807) is 0 Å². The Bertz CT molecular complexity index is 502. The molecule has 0 spiro atoms. The Morgan fingerprint density at radius 1 is 1.47 bits per heavy atom. The molecule has 1 unspecified atom stereocenters. The van der Waals surface area contributed by atoms with Crippen molar-refractivity contribution in [2.75, 3.05) is 13.1 Å². The Labute approximate surface area is 115 Å². The van der Waals surface area contributed by atoms with Gasteiger partial charge in [-0.3, -0.25) is 4.68 Å². The van der Waals surface area contributed by atoms with Crippen molar-refractivity contribution in [2.45, 2.75) is 39.1 Å². The molecule has 0 aliphatic rings. The molecule has 0 bridgehead atoms. The van der Waals surface area contributed by atoms with Gasteiger partial charge in [-0.15, -0.1) is 0 Å². The maximum Gasteiger partial charge on any atom is 0.243 e. The highest BCUT2D eigenvalue weighted by Crippen LogP contribution is 2.24. The molecule has 110 valence electrons. The molecule has 19 heavy (non-hydrogen) atoms. The molecule has 0 saturated heterocycles. The van der Waals surface area contributed by atoms with E-state index in [1.807, 2.05) is 6.92 Å². The monoisotopic (exact) mass is 288 g/mol. The number of nitrogens with one attached hydrogen (secondary N) is 1. The third-order valence-corrected chi connectivity index (χ3v) is 4.71. The van der Waals surface area contributed by atoms with Crippen LogP contribution < -0.4 is 10.5 Å². The SMILES string of the molecule is CC(CNS(=O)(=O)c1cnn(CCN)c1)C(C)(C)C. The quantitative estimate of drug-likeness (QED) is 0.810. The van der Waals surface area contributed by atoms with E-state index in [-0.39, 0.29) is 16.2 Å². The number of rotatable bonds is 6. The molecule has 1 aromatic heterocycles. The summed E-state index contributed by atoms with van der Waals surface area (Å²) in [4.78, 5) is 0.182. The van der Waals surface area contributed by atoms with Crippen LogP contribution in [0.2, 0.25) is 0 Å². The number of hydrogen-bond donors (Lipinski definition) is 2. The van der Waals surface area contributed by atoms with Crippen molar-refractivity contribution < 1.29 is 8.42 Å². The van der Waals surface area contributed by atoms with Crippen molar-refractivity contribution in [1.29, 1.82) is 0 Å². The summed E-state index contributed by atoms with van der Waals surface area (Å²) in [5.74, 6) is 0.237. The third-order valence-electron chi connectivity index (χ3n) is 3.34. The molecule has 1 aromatic rings. The summed E-state index contributed by atoms with van der Waals surface area (Å²) >= 11 is 0. The van der Waals surface area contributed by atoms with Crippen LogP contribution in [0.5, 0.6) is 0 Å². The molecule has 0 aliphatic carbocycles. The lowest BCUT2D eigenvalue weighted by Gasteiger charge is -2.27. The lowest BCUT2D eigenvalue weighted by Crippen LogP contribution is -2.33. The Hall–Kier alpha value is -0.920. The van der Waals surface area contributed by atoms with Crippen molar-refractivity contribution in [2.24, 2.45) is 17.1 Å². The van der Waals surface area contributed by atoms with E-state index in [4.69, 9.17) is 5.73 Å². The van der Waals surface area contributed by atoms with Gasteiger partial charge >= 0.3 is 0 Å². The third kappa shape index (κ3) is 4.59. The van der Waals surface area contributed by atoms with E-state index >= 15 is 0 Å². The predicted molar refractivity (Wildman–Crippen MR) is 75.1 cm³/mol. The number of nitrogens with zero attached hydrogens (tertiary/aromatic N) is 2. The van der Waals surface area contributed by atoms with Gasteiger partial charge in [0.25, 0.3) is 0 Å². The zero-order valence-electron chi connectivity index (χ0n) is 12.0. The van der Waals surface area contributed by atoms with Crippen molar-refractivity contribution in [3.05, 3.63) is 12.4 Å². The fourth-order valence-corrected chi connectivity index (χ4v) is 2.44. The molecule has 6 nitrogen and oxygen atoms in total. The van der Waals surface area contributed by atoms with Gasteiger partial charge in [0.1, 0.15) is 4.90 Å². The molecule has 1 atom stereocenters. The second-order valence-corrected chi connectivity index (χ2v) is 7.61. The maximum atomic E-state index is 12.1. The summed E-state index contributed by atoms with van der Waals surface area (Å²) < 4.78 is 28.3. The number of aromatic nitrogens is 2. The van der Waals surface area contributed by atoms with E-state index in [9.17, 15) is 8.42 Å². The molecule has 0 saturated carbocycles. The van der Waals surface area contributed by atoms with E-state index in [0.29, 0.717) is 19.6 Å². The molecule has 0 radical (unpaired) electrons. The second-order valence-electron chi connectivity index (χ2n) is 5.85. The molecule has 0 fully saturated rings. The fraction of sp³-hybridized carbons (Fsp3) is 0.750. The van der Waals surface area contributed by atoms with Crippen LogP contribution in [0.1, 0.15) is 27.7 Å². The van der Waals surface area contributed by atoms with Gasteiger partial charge in [-0.05, 0) is 11.3 Å². The summed E-state index contributed by atoms with van der Waals surface area (Å²) in [5, 5.41) is 3.97. The van der Waals surface area contributed by atoms with Gasteiger partial charge in [0, 0.05) is 19.3 Å². The van der Waals surface area contributed by atoms with Crippen LogP contribution in [0.3, 0.4) is 0 Å². The average Bonchev–Trinajstić information content (AvgIpc) is 2.74. The first kappa shape index (κ1) is 16.1. The van der Waals surface area contributed by atoms with Gasteiger partial charge in [-0.1, -0.05) is 27.7 Å². The van der Waals surface area contributed by atoms with Gasteiger partial charge in [-0.25, -0.2) is 13.1 Å². The van der Waals surface area contributed by atoms with E-state index in [2.05, 4.69) is 30.6 Å². The standard InChI is InChI=1S/C12H24N4O2S/c1-10(12(2,3)4)7-15-19(17,18)11-8-14-16(9-11)6-5-13/h8-10,15H,5-7,13H2,1-4H3. The predicted octanol–water partition coefficient (Wildman–Crippen LogP) is 0.802. The summed E-state index contributed by atoms with van der Waals surface area (Å²) in [6, 6.07) is 0. The van der Waals surface area contributed by atoms with Gasteiger partial charge in [0.15, 0.2) is 0 Å². The summed E-state index contributed by atoms with van der Waals surface area (Å²) in [6.07, 6.45) is 2.84. The minimum Gasteiger partial charge on any atom is -0.329 e. The largest absolute Gasteiger partial charge is 0.329 e. The van der Waals surface area contributed by atoms with Crippen LogP contribution >= 0.6 is 0 Å². The molecular formula is C12H24N4O2S. The first-order valence-corrected chi connectivity index (χ1v) is 7.87. The lowest BCUT2D eigenvalue weighted by molar-refractivity contribution is 0.263. The molecule has 0 aliphatic heterocycles. The number of hydrogen-bond acceptors (Lipinski definition) is 4. The Kier molecular flexibility index (Phi) is 5.11. The summed E-state index contributed by atoms with van der Waals surface area (Å²) in [6.45, 7) is 9.64. The normalized spacial score (nSPS) is 14.6. The van der Waals surface area contributed by atoms with Crippen LogP contribution in [-0.2, 0) is 16.6 Å². The first-order chi connectivity index (χ1) is 8.66. The number of nitrogens with two attached hydrogens (primary N) is 1. The van der Waals surface area contributed by atoms with Crippen molar-refractivity contribution in [3.8, 4) is 0 Å². The molecule has 0 amide bonds. The topological polar surface area (TPSA) is 90.0 Å². The van der Waals surface area contributed by atoms with Gasteiger partial charge in [0.05, 0.1) is 12.7 Å². The van der Waals surface area contributed by atoms with Crippen LogP contribution in [0.15, 0.2) is 17.3 Å². The Morgan fingerprint density at radius 3 is 2.63 bits per heavy atom. The van der Waals surface area contributed by atoms with Crippen LogP contribution in [0, 0.1) is 11.3 Å². The molecular weight excluding hydrogens is 264 g/mol. The lowest BCUT2D eigenvalue weighted by atomic mass is 9.82. The molecule has 0 aromatic carbocycles. The molecule has 1 heterocycles. The first-order valence-electron chi connectivity index (χ1n) is 6.39. The fourth-order valence-electron chi connectivity index (χ4n) is 1.36. The zero-order chi connectivity index (χ0) is 14.7. The van der Waals surface area contributed by atoms with E-state index in [1.165, 1.54) is 17.1 Å². The highest BCUT2D eigenvalue weighted by atomic mass is 32.2. The summed E-state index contributed by atoms with van der Waals surface area (Å²) in [5.41, 5.74) is 5.46. The summed E-state index contributed by atoms with van der Waals surface area (Å²) in [7, 11) is -3.49. The van der Waals surface area contributed by atoms with Crippen LogP contribution in [0.25, 0.3) is 0 Å². The minimum atomic E-state index is -3.49. The van der Waals surface area contributed by atoms with Crippen molar-refractivity contribution >= 4 is 10.0 Å². The van der Waals surface area contributed by atoms with E-state index < -0.39 is 10.0 Å². The van der Waals surface area contributed by atoms with E-state index in [0.717, 1.165) is 0 Å². The van der Waals surface area contributed by atoms with Crippen LogP contribution in [-0.4, -0.2) is 31.3 Å². The van der Waals surface area contributed by atoms with Gasteiger partial charge in [0.2, 0.25) is 10.0 Å². The second kappa shape index (κ2) is 6.02. The van der Waals surface area contributed by atoms with Gasteiger partial charge in [-0.2, -0.15) is 5.10 Å². The minimum absolute atomic E-state index is 0.0618. The Morgan fingerprint density at radius 2 is 2.11 bits per heavy atom. The highest BCUT2D eigenvalue weighted by Gasteiger charge is 2.23. The molecule has 7 heteroatoms. The number of sulfonamides is 1. The molecule has 1 rings (SSSR count). The van der Waals surface area contributed by atoms with Gasteiger partial charge < -0.3 is 5.73 Å². The van der Waals surface area contributed by atoms with Crippen molar-refractivity contribution in [3.63, 3.8) is 0 Å². The van der Waals surface area contributed by atoms with Crippen molar-refractivity contribution in [1.82, 2.24) is 14.5 Å². The zero-order valence-corrected chi connectivity index (χ0v) is 12.9. The Balaban J connectivity index is 2.70. The maximum absolute atomic E-state index is 12.1. The molecule has 3 N–H and O–H groups in total. The average molecular weight is 288 g/mol. The smallest absolute Gasteiger partial charge is 0.243 e. The highest BCUT2D eigenvalue weighted by molar-refractivity contribution is 7.89. The van der Waals surface area contributed by atoms with Crippen LogP contribution in [0.4, 0.5) is 0 Å².